The SMILES string of the molecule is CC(C)CC(N)C(=O)NC(CCCN=C(N)N)C(=O)NC(C(=O)NC(Cc1c[nH]c2ccccc12)C(=O)O)C(C)C. The Kier molecular flexibility index (Phi) is 12.6. The molecule has 0 aliphatic carbocycles. The van der Waals surface area contributed by atoms with Crippen molar-refractivity contribution in [2.75, 3.05) is 6.54 Å². The summed E-state index contributed by atoms with van der Waals surface area (Å²) < 4.78 is 0. The second kappa shape index (κ2) is 15.6. The molecule has 1 heterocycles. The van der Waals surface area contributed by atoms with Gasteiger partial charge >= 0.3 is 5.97 Å². The van der Waals surface area contributed by atoms with Crippen molar-refractivity contribution in [3.8, 4) is 0 Å². The molecule has 41 heavy (non-hydrogen) atoms. The lowest BCUT2D eigenvalue weighted by Gasteiger charge is -2.27. The number of guanidine groups is 1. The monoisotopic (exact) mass is 572 g/mol. The molecule has 0 aliphatic heterocycles. The summed E-state index contributed by atoms with van der Waals surface area (Å²) in [5.74, 6) is -3.25. The normalized spacial score (nSPS) is 14.2. The van der Waals surface area contributed by atoms with Crippen LogP contribution in [0.3, 0.4) is 0 Å². The highest BCUT2D eigenvalue weighted by Crippen LogP contribution is 2.19. The molecule has 4 atom stereocenters. The van der Waals surface area contributed by atoms with Crippen molar-refractivity contribution in [1.29, 1.82) is 0 Å². The lowest BCUT2D eigenvalue weighted by atomic mass is 10.00. The van der Waals surface area contributed by atoms with Crippen molar-refractivity contribution in [1.82, 2.24) is 20.9 Å². The van der Waals surface area contributed by atoms with E-state index in [0.717, 1.165) is 16.5 Å². The summed E-state index contributed by atoms with van der Waals surface area (Å²) in [6.07, 6.45) is 2.75. The van der Waals surface area contributed by atoms with Crippen molar-refractivity contribution < 1.29 is 24.3 Å². The summed E-state index contributed by atoms with van der Waals surface area (Å²) in [5.41, 5.74) is 18.3. The summed E-state index contributed by atoms with van der Waals surface area (Å²) >= 11 is 0. The number of carbonyl (C=O) groups excluding carboxylic acids is 3. The fourth-order valence-electron chi connectivity index (χ4n) is 4.44. The second-order valence-electron chi connectivity index (χ2n) is 10.9. The standard InChI is InChI=1S/C28H44N8O5/c1-15(2)12-19(29)24(37)34-21(10-7-11-32-28(30)31)25(38)36-23(16(3)4)26(39)35-22(27(40)41)13-17-14-33-20-9-6-5-8-18(17)20/h5-6,8-9,14-16,19,21-23,33H,7,10-13,29H2,1-4H3,(H,34,37)(H,35,39)(H,36,38)(H,40,41)(H4,30,31,32). The number of para-hydroxylation sites is 1. The van der Waals surface area contributed by atoms with Crippen molar-refractivity contribution in [2.24, 2.45) is 34.0 Å². The lowest BCUT2D eigenvalue weighted by molar-refractivity contribution is -0.142. The quantitative estimate of drug-likeness (QED) is 0.0791. The Bertz CT molecular complexity index is 1220. The van der Waals surface area contributed by atoms with Crippen LogP contribution in [0.25, 0.3) is 10.9 Å². The van der Waals surface area contributed by atoms with Gasteiger partial charge in [0.25, 0.3) is 0 Å². The number of aliphatic imine (C=N–C) groups is 1. The molecule has 4 unspecified atom stereocenters. The zero-order valence-corrected chi connectivity index (χ0v) is 24.1. The Morgan fingerprint density at radius 2 is 1.61 bits per heavy atom. The van der Waals surface area contributed by atoms with Crippen molar-refractivity contribution in [3.05, 3.63) is 36.0 Å². The van der Waals surface area contributed by atoms with E-state index in [-0.39, 0.29) is 37.2 Å². The van der Waals surface area contributed by atoms with Crippen LogP contribution < -0.4 is 33.2 Å². The van der Waals surface area contributed by atoms with Gasteiger partial charge in [0.05, 0.1) is 6.04 Å². The first-order chi connectivity index (χ1) is 19.3. The molecule has 0 fully saturated rings. The number of aliphatic carboxylic acids is 1. The Balaban J connectivity index is 2.16. The fourth-order valence-corrected chi connectivity index (χ4v) is 4.44. The van der Waals surface area contributed by atoms with E-state index in [2.05, 4.69) is 25.9 Å². The number of H-pyrrole nitrogens is 1. The zero-order valence-electron chi connectivity index (χ0n) is 24.1. The van der Waals surface area contributed by atoms with E-state index in [9.17, 15) is 24.3 Å². The third-order valence-corrected chi connectivity index (χ3v) is 6.60. The number of nitrogens with two attached hydrogens (primary N) is 3. The highest BCUT2D eigenvalue weighted by atomic mass is 16.4. The minimum absolute atomic E-state index is 0.0427. The molecule has 13 heteroatoms. The van der Waals surface area contributed by atoms with Crippen LogP contribution in [0.2, 0.25) is 0 Å². The van der Waals surface area contributed by atoms with Gasteiger partial charge in [0.1, 0.15) is 18.1 Å². The van der Waals surface area contributed by atoms with Gasteiger partial charge in [0, 0.05) is 30.1 Å². The Morgan fingerprint density at radius 3 is 2.22 bits per heavy atom. The zero-order chi connectivity index (χ0) is 30.7. The fraction of sp³-hybridized carbons (Fsp3) is 0.536. The van der Waals surface area contributed by atoms with E-state index in [0.29, 0.717) is 12.8 Å². The maximum atomic E-state index is 13.3. The number of nitrogens with zero attached hydrogens (tertiary/aromatic N) is 1. The predicted molar refractivity (Wildman–Crippen MR) is 158 cm³/mol. The Labute approximate surface area is 240 Å². The number of carboxylic acids is 1. The third kappa shape index (κ3) is 10.4. The number of fused-ring (bicyclic) bond motifs is 1. The summed E-state index contributed by atoms with van der Waals surface area (Å²) in [6.45, 7) is 7.56. The van der Waals surface area contributed by atoms with Crippen LogP contribution in [0.15, 0.2) is 35.5 Å². The number of hydrogen-bond acceptors (Lipinski definition) is 6. The molecule has 0 saturated carbocycles. The highest BCUT2D eigenvalue weighted by molar-refractivity contribution is 5.94. The average Bonchev–Trinajstić information content (AvgIpc) is 3.30. The summed E-state index contributed by atoms with van der Waals surface area (Å²) in [5, 5.41) is 18.7. The summed E-state index contributed by atoms with van der Waals surface area (Å²) in [4.78, 5) is 58.4. The van der Waals surface area contributed by atoms with E-state index in [1.165, 1.54) is 0 Å². The molecule has 0 aliphatic rings. The smallest absolute Gasteiger partial charge is 0.326 e. The lowest BCUT2D eigenvalue weighted by Crippen LogP contribution is -2.58. The van der Waals surface area contributed by atoms with Crippen LogP contribution in [-0.4, -0.2) is 70.5 Å². The molecule has 0 radical (unpaired) electrons. The average molecular weight is 573 g/mol. The predicted octanol–water partition coefficient (Wildman–Crippen LogP) is 0.332. The second-order valence-corrected chi connectivity index (χ2v) is 10.9. The Morgan fingerprint density at radius 1 is 0.951 bits per heavy atom. The molecule has 2 aromatic rings. The van der Waals surface area contributed by atoms with Gasteiger partial charge < -0.3 is 43.2 Å². The molecule has 13 nitrogen and oxygen atoms in total. The van der Waals surface area contributed by atoms with Gasteiger partial charge in [-0.05, 0) is 42.7 Å². The number of nitrogens with one attached hydrogen (secondary N) is 4. The number of hydrogen-bond donors (Lipinski definition) is 8. The van der Waals surface area contributed by atoms with Crippen LogP contribution in [0, 0.1) is 11.8 Å². The number of benzene rings is 1. The number of aromatic amines is 1. The molecule has 11 N–H and O–H groups in total. The maximum absolute atomic E-state index is 13.3. The van der Waals surface area contributed by atoms with Crippen molar-refractivity contribution in [2.45, 2.75) is 77.5 Å². The number of amides is 3. The Hall–Kier alpha value is -4.13. The van der Waals surface area contributed by atoms with Crippen LogP contribution in [-0.2, 0) is 25.6 Å². The van der Waals surface area contributed by atoms with Crippen molar-refractivity contribution in [3.63, 3.8) is 0 Å². The van der Waals surface area contributed by atoms with E-state index in [1.54, 1.807) is 20.0 Å². The van der Waals surface area contributed by atoms with Crippen LogP contribution in [0.1, 0.15) is 52.5 Å². The molecular formula is C28H44N8O5. The molecule has 0 spiro atoms. The molecule has 1 aromatic heterocycles. The first-order valence-electron chi connectivity index (χ1n) is 13.8. The minimum Gasteiger partial charge on any atom is -0.480 e. The van der Waals surface area contributed by atoms with Gasteiger partial charge in [-0.25, -0.2) is 4.79 Å². The van der Waals surface area contributed by atoms with Gasteiger partial charge in [-0.3, -0.25) is 19.4 Å². The van der Waals surface area contributed by atoms with Gasteiger partial charge in [-0.15, -0.1) is 0 Å². The van der Waals surface area contributed by atoms with E-state index in [4.69, 9.17) is 17.2 Å². The first-order valence-corrected chi connectivity index (χ1v) is 13.8. The topological polar surface area (TPSA) is 231 Å². The van der Waals surface area contributed by atoms with E-state index < -0.39 is 47.9 Å². The van der Waals surface area contributed by atoms with Crippen molar-refractivity contribution >= 4 is 40.6 Å². The van der Waals surface area contributed by atoms with Crippen LogP contribution in [0.5, 0.6) is 0 Å². The van der Waals surface area contributed by atoms with Crippen LogP contribution in [0.4, 0.5) is 0 Å². The molecule has 0 saturated heterocycles. The largest absolute Gasteiger partial charge is 0.480 e. The summed E-state index contributed by atoms with van der Waals surface area (Å²) in [7, 11) is 0. The minimum atomic E-state index is -1.23. The molecule has 3 amide bonds. The molecular weight excluding hydrogens is 528 g/mol. The molecule has 1 aromatic carbocycles. The van der Waals surface area contributed by atoms with Gasteiger partial charge in [0.15, 0.2) is 5.96 Å². The van der Waals surface area contributed by atoms with Crippen LogP contribution >= 0.6 is 0 Å². The maximum Gasteiger partial charge on any atom is 0.326 e. The van der Waals surface area contributed by atoms with Gasteiger partial charge in [-0.2, -0.15) is 0 Å². The molecule has 226 valence electrons. The highest BCUT2D eigenvalue weighted by Gasteiger charge is 2.32. The van der Waals surface area contributed by atoms with E-state index >= 15 is 0 Å². The number of aromatic nitrogens is 1. The molecule has 2 rings (SSSR count). The van der Waals surface area contributed by atoms with Gasteiger partial charge in [-0.1, -0.05) is 45.9 Å². The number of carboxylic acid groups (broad SMARTS) is 1. The summed E-state index contributed by atoms with van der Waals surface area (Å²) in [6, 6.07) is 3.34. The first kappa shape index (κ1) is 33.1. The third-order valence-electron chi connectivity index (χ3n) is 6.60. The molecule has 0 bridgehead atoms. The van der Waals surface area contributed by atoms with Gasteiger partial charge in [0.2, 0.25) is 17.7 Å². The van der Waals surface area contributed by atoms with E-state index in [1.807, 2.05) is 38.1 Å². The number of rotatable bonds is 16. The number of carbonyl (C=O) groups is 4.